The molecule has 0 radical (unpaired) electrons. The van der Waals surface area contributed by atoms with Crippen molar-refractivity contribution in [3.8, 4) is 0 Å². The zero-order valence-electron chi connectivity index (χ0n) is 8.92. The summed E-state index contributed by atoms with van der Waals surface area (Å²) in [6, 6.07) is 0. The molecule has 0 aromatic rings. The van der Waals surface area contributed by atoms with Gasteiger partial charge in [0.15, 0.2) is 0 Å². The molecule has 2 atom stereocenters. The number of isocyanates is 2. The molecule has 0 aromatic carbocycles. The minimum absolute atomic E-state index is 0.627. The van der Waals surface area contributed by atoms with Gasteiger partial charge in [0.1, 0.15) is 0 Å². The lowest BCUT2D eigenvalue weighted by Crippen LogP contribution is -2.18. The molecule has 1 rings (SSSR count). The summed E-state index contributed by atoms with van der Waals surface area (Å²) in [4.78, 5) is 19.8. The van der Waals surface area contributed by atoms with Crippen LogP contribution in [0.1, 0.15) is 25.7 Å². The fourth-order valence-electron chi connectivity index (χ4n) is 2.04. The highest BCUT2D eigenvalue weighted by atomic mass is 32.2. The van der Waals surface area contributed by atoms with Crippen molar-refractivity contribution in [1.82, 2.24) is 0 Å². The number of rotatable bonds is 6. The van der Waals surface area contributed by atoms with Gasteiger partial charge in [-0.1, -0.05) is 6.42 Å². The van der Waals surface area contributed by atoms with E-state index in [-0.39, 0.29) is 0 Å². The van der Waals surface area contributed by atoms with E-state index in [9.17, 15) is 9.59 Å². The van der Waals surface area contributed by atoms with E-state index < -0.39 is 0 Å². The van der Waals surface area contributed by atoms with Gasteiger partial charge in [0.2, 0.25) is 12.2 Å². The standard InChI is InChI=1S/C10H14N2O2S2/c13-7-11-15-5-9-2-1-3-10(4-9)6-16-12-8-14/h9-10H,1-6H2. The van der Waals surface area contributed by atoms with Gasteiger partial charge in [0.05, 0.1) is 0 Å². The van der Waals surface area contributed by atoms with E-state index in [0.717, 1.165) is 17.9 Å². The Balaban J connectivity index is 2.23. The molecule has 1 aliphatic rings. The van der Waals surface area contributed by atoms with Crippen LogP contribution >= 0.6 is 23.9 Å². The summed E-state index contributed by atoms with van der Waals surface area (Å²) in [5, 5.41) is 0. The maximum absolute atomic E-state index is 9.92. The number of hydrogen-bond donors (Lipinski definition) is 0. The smallest absolute Gasteiger partial charge is 0.210 e. The van der Waals surface area contributed by atoms with E-state index in [2.05, 4.69) is 8.80 Å². The Kier molecular flexibility index (Phi) is 7.26. The lowest BCUT2D eigenvalue weighted by molar-refractivity contribution is 0.309. The van der Waals surface area contributed by atoms with Crippen LogP contribution in [0.4, 0.5) is 0 Å². The number of hydrogen-bond acceptors (Lipinski definition) is 6. The summed E-state index contributed by atoms with van der Waals surface area (Å²) in [7, 11) is 0. The summed E-state index contributed by atoms with van der Waals surface area (Å²) in [6.45, 7) is 0. The molecular weight excluding hydrogens is 244 g/mol. The molecule has 2 unspecified atom stereocenters. The van der Waals surface area contributed by atoms with Crippen LogP contribution < -0.4 is 0 Å². The molecule has 1 fully saturated rings. The van der Waals surface area contributed by atoms with Crippen LogP contribution in [0.15, 0.2) is 8.80 Å². The van der Waals surface area contributed by atoms with Crippen molar-refractivity contribution < 1.29 is 9.59 Å². The molecule has 1 saturated carbocycles. The van der Waals surface area contributed by atoms with Crippen molar-refractivity contribution in [3.63, 3.8) is 0 Å². The third-order valence-corrected chi connectivity index (χ3v) is 4.36. The molecule has 0 aliphatic heterocycles. The quantitative estimate of drug-likeness (QED) is 0.417. The second-order valence-electron chi connectivity index (χ2n) is 3.86. The zero-order chi connectivity index (χ0) is 11.6. The van der Waals surface area contributed by atoms with E-state index in [1.165, 1.54) is 55.3 Å². The first kappa shape index (κ1) is 13.5. The number of nitrogens with zero attached hydrogens (tertiary/aromatic N) is 2. The molecule has 1 aliphatic carbocycles. The molecule has 88 valence electrons. The molecule has 0 N–H and O–H groups in total. The average Bonchev–Trinajstić information content (AvgIpc) is 2.30. The van der Waals surface area contributed by atoms with Crippen LogP contribution in [-0.2, 0) is 9.59 Å². The highest BCUT2D eigenvalue weighted by molar-refractivity contribution is 7.98. The van der Waals surface area contributed by atoms with Crippen molar-refractivity contribution in [1.29, 1.82) is 0 Å². The fraction of sp³-hybridized carbons (Fsp3) is 0.800. The Labute approximate surface area is 104 Å². The second-order valence-corrected chi connectivity index (χ2v) is 5.40. The van der Waals surface area contributed by atoms with E-state index in [1.807, 2.05) is 0 Å². The monoisotopic (exact) mass is 258 g/mol. The van der Waals surface area contributed by atoms with Crippen molar-refractivity contribution in [3.05, 3.63) is 0 Å². The van der Waals surface area contributed by atoms with Gasteiger partial charge in [-0.05, 0) is 55.0 Å². The van der Waals surface area contributed by atoms with Gasteiger partial charge in [-0.15, -0.1) is 8.80 Å². The molecule has 0 heterocycles. The van der Waals surface area contributed by atoms with E-state index in [0.29, 0.717) is 11.8 Å². The van der Waals surface area contributed by atoms with Crippen molar-refractivity contribution in [2.24, 2.45) is 20.6 Å². The van der Waals surface area contributed by atoms with E-state index in [4.69, 9.17) is 0 Å². The third-order valence-electron chi connectivity index (χ3n) is 2.72. The Hall–Kier alpha value is -0.540. The summed E-state index contributed by atoms with van der Waals surface area (Å²) in [5.41, 5.74) is 0. The van der Waals surface area contributed by atoms with Crippen LogP contribution in [-0.4, -0.2) is 23.7 Å². The lowest BCUT2D eigenvalue weighted by Gasteiger charge is -2.27. The Morgan fingerprint density at radius 3 is 1.94 bits per heavy atom. The van der Waals surface area contributed by atoms with Gasteiger partial charge < -0.3 is 0 Å². The van der Waals surface area contributed by atoms with Gasteiger partial charge in [0, 0.05) is 11.5 Å². The fourth-order valence-corrected chi connectivity index (χ4v) is 3.32. The first-order valence-corrected chi connectivity index (χ1v) is 7.13. The summed E-state index contributed by atoms with van der Waals surface area (Å²) in [5.74, 6) is 3.05. The predicted octanol–water partition coefficient (Wildman–Crippen LogP) is 2.76. The SMILES string of the molecule is O=C=NSCC1CCCC(CSN=C=O)C1. The molecule has 0 amide bonds. The summed E-state index contributed by atoms with van der Waals surface area (Å²) < 4.78 is 7.00. The molecule has 6 heteroatoms. The van der Waals surface area contributed by atoms with Gasteiger partial charge in [-0.25, -0.2) is 9.59 Å². The lowest BCUT2D eigenvalue weighted by atomic mass is 9.83. The zero-order valence-corrected chi connectivity index (χ0v) is 10.6. The van der Waals surface area contributed by atoms with Crippen LogP contribution in [0.2, 0.25) is 0 Å². The molecule has 0 bridgehead atoms. The number of carbonyl (C=O) groups excluding carboxylic acids is 2. The van der Waals surface area contributed by atoms with Crippen molar-refractivity contribution in [2.75, 3.05) is 11.5 Å². The van der Waals surface area contributed by atoms with Crippen LogP contribution in [0, 0.1) is 11.8 Å². The Bertz CT molecular complexity index is 271. The molecule has 0 aromatic heterocycles. The predicted molar refractivity (Wildman–Crippen MR) is 66.6 cm³/mol. The molecule has 0 spiro atoms. The topological polar surface area (TPSA) is 58.9 Å². The Morgan fingerprint density at radius 2 is 1.50 bits per heavy atom. The first-order valence-electron chi connectivity index (χ1n) is 5.25. The first-order chi connectivity index (χ1) is 7.86. The van der Waals surface area contributed by atoms with Crippen molar-refractivity contribution >= 4 is 36.1 Å². The summed E-state index contributed by atoms with van der Waals surface area (Å²) >= 11 is 2.60. The van der Waals surface area contributed by atoms with Crippen molar-refractivity contribution in [2.45, 2.75) is 25.7 Å². The molecule has 0 saturated heterocycles. The normalized spacial score (nSPS) is 24.2. The van der Waals surface area contributed by atoms with Crippen LogP contribution in [0.5, 0.6) is 0 Å². The van der Waals surface area contributed by atoms with E-state index in [1.54, 1.807) is 0 Å². The molecular formula is C10H14N2O2S2. The van der Waals surface area contributed by atoms with Gasteiger partial charge in [-0.2, -0.15) is 0 Å². The second kappa shape index (κ2) is 8.59. The Morgan fingerprint density at radius 1 is 1.00 bits per heavy atom. The van der Waals surface area contributed by atoms with Gasteiger partial charge >= 0.3 is 0 Å². The largest absolute Gasteiger partial charge is 0.247 e. The molecule has 16 heavy (non-hydrogen) atoms. The minimum Gasteiger partial charge on any atom is -0.210 e. The third kappa shape index (κ3) is 5.52. The molecule has 4 nitrogen and oxygen atoms in total. The highest BCUT2D eigenvalue weighted by Gasteiger charge is 2.21. The van der Waals surface area contributed by atoms with Crippen LogP contribution in [0.3, 0.4) is 0 Å². The maximum Gasteiger partial charge on any atom is 0.247 e. The van der Waals surface area contributed by atoms with Gasteiger partial charge in [0.25, 0.3) is 0 Å². The van der Waals surface area contributed by atoms with Gasteiger partial charge in [-0.3, -0.25) is 0 Å². The minimum atomic E-state index is 0.627. The average molecular weight is 258 g/mol. The maximum atomic E-state index is 9.92. The summed E-state index contributed by atoms with van der Waals surface area (Å²) in [6.07, 6.45) is 7.84. The van der Waals surface area contributed by atoms with E-state index >= 15 is 0 Å². The van der Waals surface area contributed by atoms with Crippen LogP contribution in [0.25, 0.3) is 0 Å². The highest BCUT2D eigenvalue weighted by Crippen LogP contribution is 2.33.